The van der Waals surface area contributed by atoms with E-state index in [4.69, 9.17) is 0 Å². The maximum absolute atomic E-state index is 12.1. The van der Waals surface area contributed by atoms with Gasteiger partial charge in [-0.05, 0) is 49.2 Å². The second-order valence-corrected chi connectivity index (χ2v) is 6.40. The van der Waals surface area contributed by atoms with Crippen molar-refractivity contribution in [2.24, 2.45) is 4.99 Å². The third-order valence-electron chi connectivity index (χ3n) is 4.19. The number of aromatic nitrogens is 2. The zero-order chi connectivity index (χ0) is 20.3. The van der Waals surface area contributed by atoms with Gasteiger partial charge in [-0.25, -0.2) is 9.67 Å². The average Bonchev–Trinajstić information content (AvgIpc) is 3.28. The Morgan fingerprint density at radius 3 is 2.47 bits per heavy atom. The minimum atomic E-state index is -0.150. The first-order valence-corrected chi connectivity index (χ1v) is 9.70. The summed E-state index contributed by atoms with van der Waals surface area (Å²) < 4.78 is 1.83. The van der Waals surface area contributed by atoms with Gasteiger partial charge in [0, 0.05) is 31.2 Å². The van der Waals surface area contributed by atoms with Gasteiger partial charge in [0.05, 0.1) is 5.69 Å². The smallest absolute Gasteiger partial charge is 0.246 e. The molecule has 3 rings (SSSR count). The Bertz CT molecular complexity index is 911. The van der Waals surface area contributed by atoms with Crippen LogP contribution in [0.2, 0.25) is 0 Å². The molecule has 0 bridgehead atoms. The van der Waals surface area contributed by atoms with Gasteiger partial charge in [0.2, 0.25) is 5.91 Å². The Labute approximate surface area is 194 Å². The van der Waals surface area contributed by atoms with Gasteiger partial charge in [-0.3, -0.25) is 4.79 Å². The fourth-order valence-corrected chi connectivity index (χ4v) is 2.78. The first-order valence-electron chi connectivity index (χ1n) is 9.70. The molecular formula is C22H27IN6O. The molecule has 2 aromatic carbocycles. The maximum atomic E-state index is 12.1. The van der Waals surface area contributed by atoms with Crippen molar-refractivity contribution in [2.45, 2.75) is 13.3 Å². The Kier molecular flexibility index (Phi) is 9.85. The highest BCUT2D eigenvalue weighted by Crippen LogP contribution is 2.09. The second kappa shape index (κ2) is 12.6. The summed E-state index contributed by atoms with van der Waals surface area (Å²) in [7, 11) is 0. The standard InChI is InChI=1S/C22H26N6O.HI/c1-2-23-22(25-17-21(29)27-19-7-4-3-5-8-19)24-15-13-18-9-11-20(12-10-18)28-16-6-14-26-28;/h3-12,14,16H,2,13,15,17H2,1H3,(H,27,29)(H2,23,24,25);1H. The monoisotopic (exact) mass is 518 g/mol. The topological polar surface area (TPSA) is 83.3 Å². The van der Waals surface area contributed by atoms with Crippen LogP contribution >= 0.6 is 24.0 Å². The molecule has 0 atom stereocenters. The van der Waals surface area contributed by atoms with Gasteiger partial charge in [0.1, 0.15) is 6.54 Å². The molecule has 0 saturated heterocycles. The van der Waals surface area contributed by atoms with Gasteiger partial charge in [-0.2, -0.15) is 5.10 Å². The maximum Gasteiger partial charge on any atom is 0.246 e. The lowest BCUT2D eigenvalue weighted by atomic mass is 10.1. The summed E-state index contributed by atoms with van der Waals surface area (Å²) in [5.41, 5.74) is 3.02. The number of benzene rings is 2. The predicted molar refractivity (Wildman–Crippen MR) is 132 cm³/mol. The molecule has 0 aliphatic heterocycles. The van der Waals surface area contributed by atoms with E-state index in [9.17, 15) is 4.79 Å². The number of aliphatic imine (C=N–C) groups is 1. The number of rotatable bonds is 8. The second-order valence-electron chi connectivity index (χ2n) is 6.40. The molecule has 1 heterocycles. The molecule has 0 spiro atoms. The summed E-state index contributed by atoms with van der Waals surface area (Å²) in [5, 5.41) is 13.5. The first-order chi connectivity index (χ1) is 14.2. The SMILES string of the molecule is CCNC(=NCC(=O)Nc1ccccc1)NCCc1ccc(-n2cccn2)cc1.I. The van der Waals surface area contributed by atoms with Crippen molar-refractivity contribution in [3.63, 3.8) is 0 Å². The number of halogens is 1. The molecule has 7 nitrogen and oxygen atoms in total. The molecule has 30 heavy (non-hydrogen) atoms. The van der Waals surface area contributed by atoms with Gasteiger partial charge in [-0.15, -0.1) is 24.0 Å². The Balaban J connectivity index is 0.00000320. The molecule has 3 aromatic rings. The van der Waals surface area contributed by atoms with E-state index in [1.807, 2.05) is 54.2 Å². The third kappa shape index (κ3) is 7.51. The van der Waals surface area contributed by atoms with Gasteiger partial charge >= 0.3 is 0 Å². The molecule has 0 aliphatic carbocycles. The number of hydrogen-bond acceptors (Lipinski definition) is 3. The van der Waals surface area contributed by atoms with E-state index < -0.39 is 0 Å². The zero-order valence-corrected chi connectivity index (χ0v) is 19.2. The van der Waals surface area contributed by atoms with E-state index >= 15 is 0 Å². The molecule has 1 aromatic heterocycles. The minimum Gasteiger partial charge on any atom is -0.357 e. The molecular weight excluding hydrogens is 491 g/mol. The lowest BCUT2D eigenvalue weighted by Gasteiger charge is -2.11. The summed E-state index contributed by atoms with van der Waals surface area (Å²) in [6.07, 6.45) is 4.53. The minimum absolute atomic E-state index is 0. The van der Waals surface area contributed by atoms with Gasteiger partial charge < -0.3 is 16.0 Å². The molecule has 158 valence electrons. The van der Waals surface area contributed by atoms with Gasteiger partial charge in [0.15, 0.2) is 5.96 Å². The molecule has 0 unspecified atom stereocenters. The number of anilines is 1. The number of carbonyl (C=O) groups excluding carboxylic acids is 1. The van der Waals surface area contributed by atoms with Gasteiger partial charge in [0.25, 0.3) is 0 Å². The normalized spacial score (nSPS) is 10.8. The van der Waals surface area contributed by atoms with Crippen LogP contribution in [0.3, 0.4) is 0 Å². The van der Waals surface area contributed by atoms with Crippen molar-refractivity contribution in [3.05, 3.63) is 78.6 Å². The number of para-hydroxylation sites is 1. The molecule has 0 saturated carbocycles. The van der Waals surface area contributed by atoms with Crippen molar-refractivity contribution >= 4 is 41.5 Å². The number of nitrogens with zero attached hydrogens (tertiary/aromatic N) is 3. The zero-order valence-electron chi connectivity index (χ0n) is 16.9. The summed E-state index contributed by atoms with van der Waals surface area (Å²) in [6.45, 7) is 3.50. The molecule has 0 aliphatic rings. The molecule has 1 amide bonds. The van der Waals surface area contributed by atoms with Crippen molar-refractivity contribution < 1.29 is 4.79 Å². The molecule has 3 N–H and O–H groups in total. The predicted octanol–water partition coefficient (Wildman–Crippen LogP) is 3.23. The van der Waals surface area contributed by atoms with E-state index in [-0.39, 0.29) is 36.4 Å². The van der Waals surface area contributed by atoms with E-state index in [1.54, 1.807) is 6.20 Å². The molecule has 8 heteroatoms. The fraction of sp³-hybridized carbons (Fsp3) is 0.227. The van der Waals surface area contributed by atoms with Crippen molar-refractivity contribution in [2.75, 3.05) is 25.0 Å². The summed E-state index contributed by atoms with van der Waals surface area (Å²) in [6, 6.07) is 19.6. The van der Waals surface area contributed by atoms with Crippen LogP contribution in [0.4, 0.5) is 5.69 Å². The van der Waals surface area contributed by atoms with Crippen LogP contribution in [0, 0.1) is 0 Å². The van der Waals surface area contributed by atoms with E-state index in [1.165, 1.54) is 5.56 Å². The fourth-order valence-electron chi connectivity index (χ4n) is 2.78. The van der Waals surface area contributed by atoms with E-state index in [0.29, 0.717) is 12.5 Å². The number of guanidine groups is 1. The van der Waals surface area contributed by atoms with Crippen molar-refractivity contribution in [1.82, 2.24) is 20.4 Å². The Morgan fingerprint density at radius 1 is 1.03 bits per heavy atom. The molecule has 0 fully saturated rings. The largest absolute Gasteiger partial charge is 0.357 e. The van der Waals surface area contributed by atoms with Gasteiger partial charge in [-0.1, -0.05) is 30.3 Å². The van der Waals surface area contributed by atoms with Crippen LogP contribution in [0.25, 0.3) is 5.69 Å². The lowest BCUT2D eigenvalue weighted by Crippen LogP contribution is -2.39. The quantitative estimate of drug-likeness (QED) is 0.243. The van der Waals surface area contributed by atoms with Crippen LogP contribution in [-0.4, -0.2) is 41.3 Å². The van der Waals surface area contributed by atoms with Crippen LogP contribution in [0.5, 0.6) is 0 Å². The number of carbonyl (C=O) groups is 1. The highest BCUT2D eigenvalue weighted by Gasteiger charge is 2.03. The highest BCUT2D eigenvalue weighted by atomic mass is 127. The summed E-state index contributed by atoms with van der Waals surface area (Å²) >= 11 is 0. The number of amides is 1. The van der Waals surface area contributed by atoms with Crippen molar-refractivity contribution in [1.29, 1.82) is 0 Å². The summed E-state index contributed by atoms with van der Waals surface area (Å²) in [4.78, 5) is 16.4. The molecule has 0 radical (unpaired) electrons. The average molecular weight is 518 g/mol. The van der Waals surface area contributed by atoms with E-state index in [0.717, 1.165) is 24.3 Å². The summed E-state index contributed by atoms with van der Waals surface area (Å²) in [5.74, 6) is 0.478. The first kappa shape index (κ1) is 23.4. The Morgan fingerprint density at radius 2 is 1.80 bits per heavy atom. The third-order valence-corrected chi connectivity index (χ3v) is 4.19. The number of nitrogens with one attached hydrogen (secondary N) is 3. The number of hydrogen-bond donors (Lipinski definition) is 3. The van der Waals surface area contributed by atoms with Crippen LogP contribution < -0.4 is 16.0 Å². The van der Waals surface area contributed by atoms with Crippen LogP contribution in [0.1, 0.15) is 12.5 Å². The van der Waals surface area contributed by atoms with Crippen molar-refractivity contribution in [3.8, 4) is 5.69 Å². The van der Waals surface area contributed by atoms with Crippen LogP contribution in [0.15, 0.2) is 78.0 Å². The van der Waals surface area contributed by atoms with Crippen LogP contribution in [-0.2, 0) is 11.2 Å². The Hall–Kier alpha value is -2.88. The highest BCUT2D eigenvalue weighted by molar-refractivity contribution is 14.0. The lowest BCUT2D eigenvalue weighted by molar-refractivity contribution is -0.114. The van der Waals surface area contributed by atoms with E-state index in [2.05, 4.69) is 50.3 Å².